The van der Waals surface area contributed by atoms with Crippen LogP contribution in [0.4, 0.5) is 5.69 Å². The van der Waals surface area contributed by atoms with Crippen LogP contribution in [-0.4, -0.2) is 19.7 Å². The van der Waals surface area contributed by atoms with E-state index in [0.29, 0.717) is 30.3 Å². The molecule has 1 N–H and O–H groups in total. The van der Waals surface area contributed by atoms with Gasteiger partial charge in [-0.3, -0.25) is 0 Å². The van der Waals surface area contributed by atoms with Crippen LogP contribution in [0.1, 0.15) is 15.9 Å². The lowest BCUT2D eigenvalue weighted by Crippen LogP contribution is -2.22. The summed E-state index contributed by atoms with van der Waals surface area (Å²) >= 11 is 3.47. The van der Waals surface area contributed by atoms with Gasteiger partial charge in [0.05, 0.1) is 17.6 Å². The first-order valence-corrected chi connectivity index (χ1v) is 8.00. The van der Waals surface area contributed by atoms with Crippen molar-refractivity contribution in [3.63, 3.8) is 0 Å². The maximum Gasteiger partial charge on any atom is 0.175 e. The third kappa shape index (κ3) is 4.52. The van der Waals surface area contributed by atoms with E-state index in [-0.39, 0.29) is 5.56 Å². The van der Waals surface area contributed by atoms with Crippen molar-refractivity contribution in [1.29, 1.82) is 0 Å². The van der Waals surface area contributed by atoms with Gasteiger partial charge in [0.25, 0.3) is 0 Å². The minimum atomic E-state index is -1.20. The van der Waals surface area contributed by atoms with Gasteiger partial charge in [-0.25, -0.2) is 0 Å². The highest BCUT2D eigenvalue weighted by atomic mass is 79.9. The summed E-state index contributed by atoms with van der Waals surface area (Å²) in [6, 6.07) is 10.3. The molecule has 2 rings (SSSR count). The van der Waals surface area contributed by atoms with Gasteiger partial charge in [0.1, 0.15) is 6.61 Å². The molecular formula is C18H17BrNO4-. The van der Waals surface area contributed by atoms with Crippen molar-refractivity contribution in [3.8, 4) is 11.5 Å². The van der Waals surface area contributed by atoms with Crippen LogP contribution in [0.3, 0.4) is 0 Å². The third-order valence-corrected chi connectivity index (χ3v) is 3.82. The average Bonchev–Trinajstić information content (AvgIpc) is 2.58. The van der Waals surface area contributed by atoms with Gasteiger partial charge in [-0.1, -0.05) is 24.8 Å². The Kier molecular flexibility index (Phi) is 6.26. The Morgan fingerprint density at radius 2 is 2.17 bits per heavy atom. The predicted octanol–water partition coefficient (Wildman–Crippen LogP) is 3.00. The number of anilines is 1. The van der Waals surface area contributed by atoms with Crippen molar-refractivity contribution in [1.82, 2.24) is 0 Å². The number of carboxylic acids is 1. The Balaban J connectivity index is 2.15. The average molecular weight is 391 g/mol. The molecule has 0 atom stereocenters. The molecule has 0 amide bonds. The number of nitrogens with one attached hydrogen (secondary N) is 1. The van der Waals surface area contributed by atoms with E-state index in [9.17, 15) is 9.90 Å². The first-order valence-electron chi connectivity index (χ1n) is 7.20. The van der Waals surface area contributed by atoms with Crippen LogP contribution in [-0.2, 0) is 6.54 Å². The number of carbonyl (C=O) groups excluding carboxylic acids is 1. The molecule has 0 fully saturated rings. The first kappa shape index (κ1) is 17.9. The highest BCUT2D eigenvalue weighted by Crippen LogP contribution is 2.36. The Morgan fingerprint density at radius 1 is 1.38 bits per heavy atom. The van der Waals surface area contributed by atoms with E-state index >= 15 is 0 Å². The Labute approximate surface area is 149 Å². The fourth-order valence-corrected chi connectivity index (χ4v) is 2.72. The molecule has 2 aromatic rings. The van der Waals surface area contributed by atoms with Gasteiger partial charge in [0.15, 0.2) is 11.5 Å². The van der Waals surface area contributed by atoms with Crippen molar-refractivity contribution in [2.75, 3.05) is 19.0 Å². The first-order chi connectivity index (χ1) is 11.5. The van der Waals surface area contributed by atoms with Crippen LogP contribution in [0.2, 0.25) is 0 Å². The molecule has 5 nitrogen and oxygen atoms in total. The summed E-state index contributed by atoms with van der Waals surface area (Å²) in [6.07, 6.45) is 1.66. The van der Waals surface area contributed by atoms with Crippen molar-refractivity contribution in [2.45, 2.75) is 6.54 Å². The Morgan fingerprint density at radius 3 is 2.83 bits per heavy atom. The van der Waals surface area contributed by atoms with Crippen molar-refractivity contribution in [3.05, 3.63) is 64.7 Å². The van der Waals surface area contributed by atoms with Gasteiger partial charge in [-0.2, -0.15) is 0 Å². The number of ether oxygens (including phenoxy) is 2. The second kappa shape index (κ2) is 8.40. The predicted molar refractivity (Wildman–Crippen MR) is 94.5 cm³/mol. The number of halogens is 1. The summed E-state index contributed by atoms with van der Waals surface area (Å²) < 4.78 is 11.7. The van der Waals surface area contributed by atoms with E-state index < -0.39 is 5.97 Å². The normalized spacial score (nSPS) is 10.1. The molecule has 0 heterocycles. The molecule has 0 aliphatic carbocycles. The molecule has 0 aromatic heterocycles. The van der Waals surface area contributed by atoms with Crippen LogP contribution in [0.25, 0.3) is 0 Å². The van der Waals surface area contributed by atoms with Crippen LogP contribution >= 0.6 is 15.9 Å². The second-order valence-electron chi connectivity index (χ2n) is 4.93. The summed E-state index contributed by atoms with van der Waals surface area (Å²) in [6.45, 7) is 4.49. The van der Waals surface area contributed by atoms with Crippen molar-refractivity contribution < 1.29 is 19.4 Å². The fourth-order valence-electron chi connectivity index (χ4n) is 2.12. The number of methoxy groups -OCH3 is 1. The molecule has 24 heavy (non-hydrogen) atoms. The molecule has 0 saturated heterocycles. The molecule has 0 bridgehead atoms. The van der Waals surface area contributed by atoms with E-state index in [2.05, 4.69) is 27.8 Å². The number of rotatable bonds is 8. The molecule has 0 aliphatic rings. The van der Waals surface area contributed by atoms with E-state index in [1.807, 2.05) is 12.1 Å². The molecular weight excluding hydrogens is 374 g/mol. The molecule has 0 spiro atoms. The molecule has 0 radical (unpaired) electrons. The number of carbonyl (C=O) groups is 1. The van der Waals surface area contributed by atoms with E-state index in [1.165, 1.54) is 12.1 Å². The summed E-state index contributed by atoms with van der Waals surface area (Å²) in [4.78, 5) is 10.9. The molecule has 0 unspecified atom stereocenters. The summed E-state index contributed by atoms with van der Waals surface area (Å²) in [5.74, 6) is 0.0124. The highest BCUT2D eigenvalue weighted by molar-refractivity contribution is 9.10. The lowest BCUT2D eigenvalue weighted by atomic mass is 10.1. The molecule has 0 aliphatic heterocycles. The van der Waals surface area contributed by atoms with Gasteiger partial charge in [-0.15, -0.1) is 0 Å². The van der Waals surface area contributed by atoms with Gasteiger partial charge in [0.2, 0.25) is 0 Å². The minimum absolute atomic E-state index is 0.131. The number of benzene rings is 2. The molecule has 2 aromatic carbocycles. The van der Waals surface area contributed by atoms with E-state index in [1.54, 1.807) is 25.3 Å². The number of aromatic carboxylic acids is 1. The van der Waals surface area contributed by atoms with Gasteiger partial charge < -0.3 is 24.7 Å². The zero-order valence-electron chi connectivity index (χ0n) is 13.2. The summed E-state index contributed by atoms with van der Waals surface area (Å²) in [5.41, 5.74) is 1.77. The maximum absolute atomic E-state index is 10.9. The largest absolute Gasteiger partial charge is 0.545 e. The van der Waals surface area contributed by atoms with Crippen LogP contribution in [0, 0.1) is 0 Å². The van der Waals surface area contributed by atoms with Crippen molar-refractivity contribution >= 4 is 27.6 Å². The fraction of sp³-hybridized carbons (Fsp3) is 0.167. The summed E-state index contributed by atoms with van der Waals surface area (Å²) in [7, 11) is 1.57. The van der Waals surface area contributed by atoms with Gasteiger partial charge in [-0.05, 0) is 51.3 Å². The second-order valence-corrected chi connectivity index (χ2v) is 5.78. The van der Waals surface area contributed by atoms with Crippen LogP contribution in [0.5, 0.6) is 11.5 Å². The number of hydrogen-bond acceptors (Lipinski definition) is 5. The van der Waals surface area contributed by atoms with Crippen molar-refractivity contribution in [2.24, 2.45) is 0 Å². The smallest absolute Gasteiger partial charge is 0.175 e. The lowest BCUT2D eigenvalue weighted by Gasteiger charge is -2.14. The monoisotopic (exact) mass is 390 g/mol. The van der Waals surface area contributed by atoms with Crippen LogP contribution in [0.15, 0.2) is 53.5 Å². The van der Waals surface area contributed by atoms with Gasteiger partial charge in [0, 0.05) is 12.2 Å². The van der Waals surface area contributed by atoms with Gasteiger partial charge >= 0.3 is 0 Å². The Bertz CT molecular complexity index is 746. The highest BCUT2D eigenvalue weighted by Gasteiger charge is 2.11. The van der Waals surface area contributed by atoms with E-state index in [4.69, 9.17) is 9.47 Å². The zero-order valence-corrected chi connectivity index (χ0v) is 14.8. The van der Waals surface area contributed by atoms with E-state index in [0.717, 1.165) is 10.0 Å². The molecule has 6 heteroatoms. The zero-order chi connectivity index (χ0) is 17.5. The minimum Gasteiger partial charge on any atom is -0.545 e. The third-order valence-electron chi connectivity index (χ3n) is 3.23. The standard InChI is InChI=1S/C18H18BrNO4/c1-3-7-24-17-15(19)8-12(9-16(17)23-2)11-20-14-6-4-5-13(10-14)18(21)22/h3-6,8-10,20H,1,7,11H2,2H3,(H,21,22)/p-1. The maximum atomic E-state index is 10.9. The molecule has 126 valence electrons. The SMILES string of the molecule is C=CCOc1c(Br)cc(CNc2cccc(C(=O)[O-])c2)cc1OC. The van der Waals surface area contributed by atoms with Crippen LogP contribution < -0.4 is 19.9 Å². The lowest BCUT2D eigenvalue weighted by molar-refractivity contribution is -0.255. The summed E-state index contributed by atoms with van der Waals surface area (Å²) in [5, 5.41) is 14.1. The quantitative estimate of drug-likeness (QED) is 0.701. The Hall–Kier alpha value is -2.47. The number of carboxylic acid groups (broad SMARTS) is 1. The number of hydrogen-bond donors (Lipinski definition) is 1. The topological polar surface area (TPSA) is 70.6 Å². The molecule has 0 saturated carbocycles.